The van der Waals surface area contributed by atoms with Gasteiger partial charge in [-0.05, 0) is 55.3 Å². The lowest BCUT2D eigenvalue weighted by Crippen LogP contribution is -2.43. The van der Waals surface area contributed by atoms with Gasteiger partial charge in [0.25, 0.3) is 0 Å². The largest absolute Gasteiger partial charge is 0.325 e. The number of nitrogens with one attached hydrogen (secondary N) is 1. The van der Waals surface area contributed by atoms with Gasteiger partial charge in [-0.2, -0.15) is 4.31 Å². The topological polar surface area (TPSA) is 66.5 Å². The molecule has 3 rings (SSSR count). The van der Waals surface area contributed by atoms with E-state index >= 15 is 0 Å². The van der Waals surface area contributed by atoms with Crippen LogP contribution in [0.5, 0.6) is 0 Å². The minimum Gasteiger partial charge on any atom is -0.325 e. The lowest BCUT2D eigenvalue weighted by Gasteiger charge is -2.23. The van der Waals surface area contributed by atoms with Crippen LogP contribution in [0, 0.1) is 5.82 Å². The molecule has 1 N–H and O–H groups in total. The number of amides is 1. The molecule has 8 heteroatoms. The number of carbonyl (C=O) groups excluding carboxylic acids is 1. The predicted molar refractivity (Wildman–Crippen MR) is 96.1 cm³/mol. The Morgan fingerprint density at radius 2 is 1.92 bits per heavy atom. The Morgan fingerprint density at radius 1 is 1.20 bits per heavy atom. The highest BCUT2D eigenvalue weighted by Gasteiger charge is 2.39. The summed E-state index contributed by atoms with van der Waals surface area (Å²) in [7, 11) is -3.85. The van der Waals surface area contributed by atoms with Crippen LogP contribution in [-0.4, -0.2) is 31.2 Å². The summed E-state index contributed by atoms with van der Waals surface area (Å²) in [5.74, 6) is -0.884. The molecule has 5 nitrogen and oxygen atoms in total. The van der Waals surface area contributed by atoms with Gasteiger partial charge in [0, 0.05) is 16.7 Å². The Labute approximate surface area is 154 Å². The van der Waals surface area contributed by atoms with E-state index in [9.17, 15) is 17.6 Å². The van der Waals surface area contributed by atoms with Gasteiger partial charge in [0.1, 0.15) is 11.9 Å². The molecule has 2 aromatic rings. The summed E-state index contributed by atoms with van der Waals surface area (Å²) in [6, 6.07) is 10.9. The van der Waals surface area contributed by atoms with E-state index < -0.39 is 21.9 Å². The fourth-order valence-electron chi connectivity index (χ4n) is 2.82. The minimum atomic E-state index is -3.85. The van der Waals surface area contributed by atoms with E-state index in [1.807, 2.05) is 6.07 Å². The molecule has 1 amide bonds. The second kappa shape index (κ2) is 7.23. The molecule has 1 saturated heterocycles. The number of anilines is 1. The van der Waals surface area contributed by atoms with E-state index in [4.69, 9.17) is 0 Å². The summed E-state index contributed by atoms with van der Waals surface area (Å²) in [5, 5.41) is 2.75. The summed E-state index contributed by atoms with van der Waals surface area (Å²) in [6.45, 7) is 0.260. The second-order valence-electron chi connectivity index (χ2n) is 5.73. The Bertz CT molecular complexity index is 887. The molecule has 0 spiro atoms. The third-order valence-electron chi connectivity index (χ3n) is 4.02. The highest BCUT2D eigenvalue weighted by atomic mass is 79.9. The molecule has 2 aromatic carbocycles. The molecule has 0 saturated carbocycles. The van der Waals surface area contributed by atoms with Crippen LogP contribution >= 0.6 is 15.9 Å². The third kappa shape index (κ3) is 3.91. The first-order valence-corrected chi connectivity index (χ1v) is 9.95. The van der Waals surface area contributed by atoms with Gasteiger partial charge in [0.05, 0.1) is 4.90 Å². The Morgan fingerprint density at radius 3 is 2.60 bits per heavy atom. The molecular weight excluding hydrogens is 411 g/mol. The smallest absolute Gasteiger partial charge is 0.243 e. The maximum Gasteiger partial charge on any atom is 0.243 e. The van der Waals surface area contributed by atoms with Crippen molar-refractivity contribution in [2.45, 2.75) is 23.8 Å². The van der Waals surface area contributed by atoms with Crippen molar-refractivity contribution in [2.24, 2.45) is 0 Å². The maximum atomic E-state index is 13.1. The average molecular weight is 427 g/mol. The second-order valence-corrected chi connectivity index (χ2v) is 8.53. The van der Waals surface area contributed by atoms with Gasteiger partial charge >= 0.3 is 0 Å². The lowest BCUT2D eigenvalue weighted by atomic mass is 10.2. The first-order valence-electron chi connectivity index (χ1n) is 7.72. The number of halogens is 2. The van der Waals surface area contributed by atoms with Gasteiger partial charge in [-0.3, -0.25) is 4.79 Å². The van der Waals surface area contributed by atoms with E-state index in [1.54, 1.807) is 18.2 Å². The Balaban J connectivity index is 1.82. The molecule has 1 aliphatic heterocycles. The molecule has 0 radical (unpaired) electrons. The molecule has 0 bridgehead atoms. The van der Waals surface area contributed by atoms with Crippen LogP contribution in [0.3, 0.4) is 0 Å². The zero-order valence-corrected chi connectivity index (χ0v) is 15.6. The summed E-state index contributed by atoms with van der Waals surface area (Å²) in [4.78, 5) is 12.6. The van der Waals surface area contributed by atoms with Crippen molar-refractivity contribution in [3.05, 3.63) is 58.8 Å². The first-order chi connectivity index (χ1) is 11.9. The van der Waals surface area contributed by atoms with E-state index in [-0.39, 0.29) is 17.3 Å². The van der Waals surface area contributed by atoms with Crippen LogP contribution in [0.25, 0.3) is 0 Å². The van der Waals surface area contributed by atoms with Crippen molar-refractivity contribution >= 4 is 37.5 Å². The normalized spacial score (nSPS) is 18.2. The van der Waals surface area contributed by atoms with Crippen LogP contribution in [-0.2, 0) is 14.8 Å². The van der Waals surface area contributed by atoms with Gasteiger partial charge in [0.2, 0.25) is 15.9 Å². The van der Waals surface area contributed by atoms with Crippen LogP contribution < -0.4 is 5.32 Å². The standard InChI is InChI=1S/C17H16BrFN2O3S/c18-12-3-1-4-14(11-12)20-17(22)16-5-2-10-21(16)25(23,24)15-8-6-13(19)7-9-15/h1,3-4,6-9,11,16H,2,5,10H2,(H,20,22). The van der Waals surface area contributed by atoms with Gasteiger partial charge < -0.3 is 5.32 Å². The average Bonchev–Trinajstić information content (AvgIpc) is 3.06. The van der Waals surface area contributed by atoms with Gasteiger partial charge in [-0.25, -0.2) is 12.8 Å². The van der Waals surface area contributed by atoms with Crippen LogP contribution in [0.4, 0.5) is 10.1 Å². The third-order valence-corrected chi connectivity index (χ3v) is 6.43. The molecule has 1 unspecified atom stereocenters. The van der Waals surface area contributed by atoms with Crippen molar-refractivity contribution in [3.8, 4) is 0 Å². The van der Waals surface area contributed by atoms with E-state index in [2.05, 4.69) is 21.2 Å². The number of benzene rings is 2. The number of sulfonamides is 1. The van der Waals surface area contributed by atoms with Gasteiger partial charge in [-0.15, -0.1) is 0 Å². The maximum absolute atomic E-state index is 13.1. The molecule has 1 heterocycles. The summed E-state index contributed by atoms with van der Waals surface area (Å²) in [6.07, 6.45) is 1.04. The number of hydrogen-bond acceptors (Lipinski definition) is 3. The lowest BCUT2D eigenvalue weighted by molar-refractivity contribution is -0.119. The molecule has 1 fully saturated rings. The molecule has 25 heavy (non-hydrogen) atoms. The van der Waals surface area contributed by atoms with Crippen LogP contribution in [0.15, 0.2) is 57.9 Å². The van der Waals surface area contributed by atoms with Crippen molar-refractivity contribution in [3.63, 3.8) is 0 Å². The Kier molecular flexibility index (Phi) is 5.21. The summed E-state index contributed by atoms with van der Waals surface area (Å²) in [5.41, 5.74) is 0.588. The van der Waals surface area contributed by atoms with Crippen molar-refractivity contribution in [1.82, 2.24) is 4.31 Å². The van der Waals surface area contributed by atoms with E-state index in [0.717, 1.165) is 16.6 Å². The number of hydrogen-bond donors (Lipinski definition) is 1. The zero-order valence-electron chi connectivity index (χ0n) is 13.2. The highest BCUT2D eigenvalue weighted by molar-refractivity contribution is 9.10. The van der Waals surface area contributed by atoms with E-state index in [1.165, 1.54) is 16.4 Å². The molecule has 1 atom stereocenters. The monoisotopic (exact) mass is 426 g/mol. The fraction of sp³-hybridized carbons (Fsp3) is 0.235. The van der Waals surface area contributed by atoms with Gasteiger partial charge in [-0.1, -0.05) is 22.0 Å². The van der Waals surface area contributed by atoms with Crippen molar-refractivity contribution < 1.29 is 17.6 Å². The minimum absolute atomic E-state index is 0.0175. The van der Waals surface area contributed by atoms with Gasteiger partial charge in [0.15, 0.2) is 0 Å². The Hall–Kier alpha value is -1.77. The van der Waals surface area contributed by atoms with Crippen molar-refractivity contribution in [1.29, 1.82) is 0 Å². The number of carbonyl (C=O) groups is 1. The van der Waals surface area contributed by atoms with Crippen LogP contribution in [0.1, 0.15) is 12.8 Å². The number of nitrogens with zero attached hydrogens (tertiary/aromatic N) is 1. The van der Waals surface area contributed by atoms with Crippen LogP contribution in [0.2, 0.25) is 0 Å². The summed E-state index contributed by atoms with van der Waals surface area (Å²) >= 11 is 3.33. The molecular formula is C17H16BrFN2O3S. The predicted octanol–water partition coefficient (Wildman–Crippen LogP) is 3.38. The van der Waals surface area contributed by atoms with Crippen molar-refractivity contribution in [2.75, 3.05) is 11.9 Å². The summed E-state index contributed by atoms with van der Waals surface area (Å²) < 4.78 is 40.6. The SMILES string of the molecule is O=C(Nc1cccc(Br)c1)C1CCCN1S(=O)(=O)c1ccc(F)cc1. The molecule has 0 aromatic heterocycles. The highest BCUT2D eigenvalue weighted by Crippen LogP contribution is 2.27. The van der Waals surface area contributed by atoms with E-state index in [0.29, 0.717) is 18.5 Å². The quantitative estimate of drug-likeness (QED) is 0.814. The number of rotatable bonds is 4. The fourth-order valence-corrected chi connectivity index (χ4v) is 4.88. The molecule has 132 valence electrons. The first kappa shape index (κ1) is 18.0. The zero-order chi connectivity index (χ0) is 18.0. The molecule has 0 aliphatic carbocycles. The molecule has 1 aliphatic rings.